The fourth-order valence-electron chi connectivity index (χ4n) is 2.47. The lowest BCUT2D eigenvalue weighted by molar-refractivity contribution is 0.0955. The zero-order valence-corrected chi connectivity index (χ0v) is 13.9. The fourth-order valence-corrected chi connectivity index (χ4v) is 4.19. The summed E-state index contributed by atoms with van der Waals surface area (Å²) >= 11 is 3.00. The van der Waals surface area contributed by atoms with Crippen LogP contribution in [0.2, 0.25) is 0 Å². The highest BCUT2D eigenvalue weighted by atomic mass is 32.1. The molecule has 0 fully saturated rings. The summed E-state index contributed by atoms with van der Waals surface area (Å²) in [4.78, 5) is 19.4. The molecule has 1 amide bonds. The Kier molecular flexibility index (Phi) is 3.51. The molecular weight excluding hydrogens is 330 g/mol. The van der Waals surface area contributed by atoms with E-state index in [-0.39, 0.29) is 5.91 Å². The van der Waals surface area contributed by atoms with E-state index in [0.717, 1.165) is 26.6 Å². The van der Waals surface area contributed by atoms with Crippen LogP contribution in [0.1, 0.15) is 15.2 Å². The second-order valence-electron chi connectivity index (χ2n) is 4.96. The summed E-state index contributed by atoms with van der Waals surface area (Å²) in [5.41, 5.74) is 1.93. The lowest BCUT2D eigenvalue weighted by Crippen LogP contribution is -2.22. The van der Waals surface area contributed by atoms with Gasteiger partial charge in [-0.15, -0.1) is 22.7 Å². The quantitative estimate of drug-likeness (QED) is 0.616. The number of nitrogens with zero attached hydrogens (tertiary/aromatic N) is 2. The number of aromatic nitrogens is 2. The van der Waals surface area contributed by atoms with Gasteiger partial charge >= 0.3 is 0 Å². The van der Waals surface area contributed by atoms with E-state index in [2.05, 4.69) is 10.3 Å². The first kappa shape index (κ1) is 14.2. The Balaban J connectivity index is 1.55. The van der Waals surface area contributed by atoms with E-state index in [1.165, 1.54) is 11.3 Å². The number of fused-ring (bicyclic) bond motifs is 3. The molecule has 4 rings (SSSR count). The molecule has 0 bridgehead atoms. The van der Waals surface area contributed by atoms with E-state index in [9.17, 15) is 4.79 Å². The minimum Gasteiger partial charge on any atom is -0.496 e. The minimum atomic E-state index is -0.0946. The standard InChI is InChI=1S/C16H13N3O2S2/c1-21-12-5-3-2-4-10(12)9-17-14(20)13-8-11-15(23-13)18-16-19(11)6-7-22-16/h2-8H,9H2,1H3,(H,17,20). The molecule has 116 valence electrons. The zero-order valence-electron chi connectivity index (χ0n) is 12.3. The van der Waals surface area contributed by atoms with Gasteiger partial charge in [-0.2, -0.15) is 0 Å². The Labute approximate surface area is 140 Å². The number of carbonyl (C=O) groups is 1. The SMILES string of the molecule is COc1ccccc1CNC(=O)c1cc2c(nc3sccn32)s1. The van der Waals surface area contributed by atoms with Gasteiger partial charge in [0.05, 0.1) is 17.5 Å². The van der Waals surface area contributed by atoms with E-state index in [1.54, 1.807) is 18.4 Å². The first-order valence-corrected chi connectivity index (χ1v) is 8.71. The van der Waals surface area contributed by atoms with Gasteiger partial charge in [-0.25, -0.2) is 4.98 Å². The highest BCUT2D eigenvalue weighted by molar-refractivity contribution is 7.21. The number of para-hydroxylation sites is 1. The number of methoxy groups -OCH3 is 1. The van der Waals surface area contributed by atoms with Crippen LogP contribution in [0, 0.1) is 0 Å². The molecule has 0 atom stereocenters. The van der Waals surface area contributed by atoms with Gasteiger partial charge in [-0.05, 0) is 12.1 Å². The van der Waals surface area contributed by atoms with E-state index >= 15 is 0 Å². The van der Waals surface area contributed by atoms with Crippen LogP contribution in [0.5, 0.6) is 5.75 Å². The van der Waals surface area contributed by atoms with Gasteiger partial charge in [0.2, 0.25) is 0 Å². The number of amides is 1. The lowest BCUT2D eigenvalue weighted by Gasteiger charge is -2.08. The summed E-state index contributed by atoms with van der Waals surface area (Å²) in [7, 11) is 1.63. The van der Waals surface area contributed by atoms with Crippen LogP contribution in [0.3, 0.4) is 0 Å². The van der Waals surface area contributed by atoms with E-state index < -0.39 is 0 Å². The maximum atomic E-state index is 12.4. The van der Waals surface area contributed by atoms with Gasteiger partial charge < -0.3 is 10.1 Å². The molecule has 0 aliphatic rings. The molecule has 0 spiro atoms. The van der Waals surface area contributed by atoms with Crippen molar-refractivity contribution in [3.05, 3.63) is 52.3 Å². The smallest absolute Gasteiger partial charge is 0.261 e. The third kappa shape index (κ3) is 2.47. The summed E-state index contributed by atoms with van der Waals surface area (Å²) in [6.45, 7) is 0.430. The third-order valence-corrected chi connectivity index (χ3v) is 5.37. The molecule has 0 radical (unpaired) electrons. The molecule has 0 unspecified atom stereocenters. The van der Waals surface area contributed by atoms with E-state index in [4.69, 9.17) is 4.74 Å². The number of ether oxygens (including phenoxy) is 1. The van der Waals surface area contributed by atoms with Gasteiger partial charge in [-0.3, -0.25) is 9.20 Å². The molecule has 5 nitrogen and oxygen atoms in total. The number of thiazole rings is 1. The summed E-state index contributed by atoms with van der Waals surface area (Å²) in [5.74, 6) is 0.679. The first-order valence-electron chi connectivity index (χ1n) is 7.01. The average Bonchev–Trinajstić information content (AvgIpc) is 3.24. The second kappa shape index (κ2) is 5.68. The molecule has 1 aromatic carbocycles. The van der Waals surface area contributed by atoms with Crippen molar-refractivity contribution in [1.29, 1.82) is 0 Å². The number of carbonyl (C=O) groups excluding carboxylic acids is 1. The molecule has 0 aliphatic carbocycles. The molecule has 0 saturated carbocycles. The minimum absolute atomic E-state index is 0.0946. The van der Waals surface area contributed by atoms with E-state index in [1.807, 2.05) is 46.3 Å². The Bertz CT molecular complexity index is 999. The van der Waals surface area contributed by atoms with Crippen molar-refractivity contribution in [2.45, 2.75) is 6.54 Å². The van der Waals surface area contributed by atoms with Gasteiger partial charge in [-0.1, -0.05) is 18.2 Å². The molecule has 4 aromatic rings. The monoisotopic (exact) mass is 343 g/mol. The lowest BCUT2D eigenvalue weighted by atomic mass is 10.2. The molecule has 3 heterocycles. The number of hydrogen-bond acceptors (Lipinski definition) is 5. The number of hydrogen-bond donors (Lipinski definition) is 1. The van der Waals surface area contributed by atoms with Gasteiger partial charge in [0.25, 0.3) is 5.91 Å². The van der Waals surface area contributed by atoms with Crippen LogP contribution in [0.4, 0.5) is 0 Å². The predicted octanol–water partition coefficient (Wildman–Crippen LogP) is 3.55. The van der Waals surface area contributed by atoms with Crippen LogP contribution in [-0.4, -0.2) is 22.4 Å². The van der Waals surface area contributed by atoms with Crippen LogP contribution < -0.4 is 10.1 Å². The molecule has 1 N–H and O–H groups in total. The summed E-state index contributed by atoms with van der Waals surface area (Å²) in [6, 6.07) is 9.55. The van der Waals surface area contributed by atoms with Crippen molar-refractivity contribution in [3.63, 3.8) is 0 Å². The van der Waals surface area contributed by atoms with Crippen molar-refractivity contribution < 1.29 is 9.53 Å². The zero-order chi connectivity index (χ0) is 15.8. The van der Waals surface area contributed by atoms with E-state index in [0.29, 0.717) is 11.4 Å². The Morgan fingerprint density at radius 3 is 3.13 bits per heavy atom. The van der Waals surface area contributed by atoms with Crippen LogP contribution in [0.25, 0.3) is 15.3 Å². The number of benzene rings is 1. The van der Waals surface area contributed by atoms with Crippen LogP contribution >= 0.6 is 22.7 Å². The highest BCUT2D eigenvalue weighted by Gasteiger charge is 2.15. The van der Waals surface area contributed by atoms with Crippen LogP contribution in [-0.2, 0) is 6.54 Å². The maximum Gasteiger partial charge on any atom is 0.261 e. The molecule has 7 heteroatoms. The van der Waals surface area contributed by atoms with Crippen molar-refractivity contribution in [2.75, 3.05) is 7.11 Å². The van der Waals surface area contributed by atoms with Crippen molar-refractivity contribution >= 4 is 43.9 Å². The average molecular weight is 343 g/mol. The van der Waals surface area contributed by atoms with Crippen LogP contribution in [0.15, 0.2) is 41.9 Å². The van der Waals surface area contributed by atoms with Gasteiger partial charge in [0.1, 0.15) is 10.6 Å². The predicted molar refractivity (Wildman–Crippen MR) is 92.6 cm³/mol. The van der Waals surface area contributed by atoms with Crippen molar-refractivity contribution in [3.8, 4) is 5.75 Å². The summed E-state index contributed by atoms with van der Waals surface area (Å²) < 4.78 is 7.30. The van der Waals surface area contributed by atoms with Crippen molar-refractivity contribution in [2.24, 2.45) is 0 Å². The normalized spacial score (nSPS) is 11.2. The molecule has 0 aliphatic heterocycles. The number of thiophene rings is 1. The Morgan fingerprint density at radius 2 is 2.26 bits per heavy atom. The molecule has 23 heavy (non-hydrogen) atoms. The van der Waals surface area contributed by atoms with Crippen molar-refractivity contribution in [1.82, 2.24) is 14.7 Å². The first-order chi connectivity index (χ1) is 11.3. The van der Waals surface area contributed by atoms with Gasteiger partial charge in [0, 0.05) is 23.7 Å². The topological polar surface area (TPSA) is 55.6 Å². The molecule has 3 aromatic heterocycles. The highest BCUT2D eigenvalue weighted by Crippen LogP contribution is 2.28. The number of rotatable bonds is 4. The van der Waals surface area contributed by atoms with Gasteiger partial charge in [0.15, 0.2) is 4.96 Å². The third-order valence-electron chi connectivity index (χ3n) is 3.60. The maximum absolute atomic E-state index is 12.4. The molecular formula is C16H13N3O2S2. The Hall–Kier alpha value is -2.38. The molecule has 0 saturated heterocycles. The summed E-state index contributed by atoms with van der Waals surface area (Å²) in [5, 5.41) is 4.93. The number of nitrogens with one attached hydrogen (secondary N) is 1. The largest absolute Gasteiger partial charge is 0.496 e. The fraction of sp³-hybridized carbons (Fsp3) is 0.125. The Morgan fingerprint density at radius 1 is 1.39 bits per heavy atom. The second-order valence-corrected chi connectivity index (χ2v) is 6.87. The summed E-state index contributed by atoms with van der Waals surface area (Å²) in [6.07, 6.45) is 1.97. The number of imidazole rings is 1.